The maximum absolute atomic E-state index is 6.11. The molecule has 2 nitrogen and oxygen atoms in total. The third-order valence-corrected chi connectivity index (χ3v) is 4.61. The van der Waals surface area contributed by atoms with Crippen LogP contribution in [0.1, 0.15) is 12.8 Å². The first-order valence-corrected chi connectivity index (χ1v) is 8.41. The van der Waals surface area contributed by atoms with Gasteiger partial charge in [-0.25, -0.2) is 0 Å². The number of hydrogen-bond acceptors (Lipinski definition) is 2. The van der Waals surface area contributed by atoms with Crippen molar-refractivity contribution < 1.29 is 0 Å². The van der Waals surface area contributed by atoms with Crippen LogP contribution in [0.5, 0.6) is 0 Å². The molecule has 0 bridgehead atoms. The zero-order valence-corrected chi connectivity index (χ0v) is 13.7. The van der Waals surface area contributed by atoms with E-state index in [1.807, 2.05) is 36.4 Å². The van der Waals surface area contributed by atoms with E-state index in [-0.39, 0.29) is 0 Å². The molecule has 0 unspecified atom stereocenters. The maximum atomic E-state index is 6.11. The Morgan fingerprint density at radius 2 is 1.90 bits per heavy atom. The molecule has 2 aromatic carbocycles. The van der Waals surface area contributed by atoms with Crippen molar-refractivity contribution in [3.63, 3.8) is 0 Å². The summed E-state index contributed by atoms with van der Waals surface area (Å²) in [6, 6.07) is 16.6. The molecule has 0 amide bonds. The highest BCUT2D eigenvalue weighted by Crippen LogP contribution is 2.35. The molecule has 1 aliphatic rings. The van der Waals surface area contributed by atoms with Crippen LogP contribution in [0.2, 0.25) is 5.02 Å². The second kappa shape index (κ2) is 6.69. The summed E-state index contributed by atoms with van der Waals surface area (Å²) in [6.07, 6.45) is 2.39. The number of thiocarbonyl (C=S) groups is 1. The van der Waals surface area contributed by atoms with Gasteiger partial charge in [0.05, 0.1) is 5.69 Å². The van der Waals surface area contributed by atoms with Crippen LogP contribution in [0.15, 0.2) is 58.3 Å². The third kappa shape index (κ3) is 4.37. The maximum Gasteiger partial charge on any atom is 0.171 e. The lowest BCUT2D eigenvalue weighted by Crippen LogP contribution is -2.30. The van der Waals surface area contributed by atoms with Gasteiger partial charge in [-0.05, 0) is 55.4 Å². The molecule has 2 aromatic rings. The first kappa shape index (κ1) is 14.7. The minimum atomic E-state index is 0.536. The van der Waals surface area contributed by atoms with E-state index in [4.69, 9.17) is 23.8 Å². The van der Waals surface area contributed by atoms with Gasteiger partial charge in [0.2, 0.25) is 0 Å². The van der Waals surface area contributed by atoms with Crippen molar-refractivity contribution in [1.82, 2.24) is 5.32 Å². The van der Waals surface area contributed by atoms with Gasteiger partial charge >= 0.3 is 0 Å². The Labute approximate surface area is 139 Å². The van der Waals surface area contributed by atoms with Gasteiger partial charge in [-0.2, -0.15) is 0 Å². The molecule has 0 radical (unpaired) electrons. The highest BCUT2D eigenvalue weighted by molar-refractivity contribution is 7.99. The van der Waals surface area contributed by atoms with E-state index in [0.29, 0.717) is 16.2 Å². The van der Waals surface area contributed by atoms with E-state index in [9.17, 15) is 0 Å². The molecule has 1 saturated carbocycles. The Balaban J connectivity index is 1.77. The number of anilines is 1. The number of nitrogens with one attached hydrogen (secondary N) is 2. The van der Waals surface area contributed by atoms with E-state index >= 15 is 0 Å². The topological polar surface area (TPSA) is 24.1 Å². The van der Waals surface area contributed by atoms with Crippen LogP contribution < -0.4 is 10.6 Å². The summed E-state index contributed by atoms with van der Waals surface area (Å²) in [5.74, 6) is 0. The quantitative estimate of drug-likeness (QED) is 0.773. The van der Waals surface area contributed by atoms with Crippen LogP contribution in [0, 0.1) is 0 Å². The molecule has 1 aliphatic carbocycles. The van der Waals surface area contributed by atoms with Gasteiger partial charge in [0.1, 0.15) is 0 Å². The van der Waals surface area contributed by atoms with E-state index in [1.54, 1.807) is 11.8 Å². The van der Waals surface area contributed by atoms with Gasteiger partial charge < -0.3 is 10.6 Å². The Kier molecular flexibility index (Phi) is 4.68. The van der Waals surface area contributed by atoms with Crippen LogP contribution in [-0.2, 0) is 0 Å². The van der Waals surface area contributed by atoms with Gasteiger partial charge in [0.15, 0.2) is 5.11 Å². The molecule has 0 aromatic heterocycles. The molecule has 5 heteroatoms. The Bertz CT molecular complexity index is 642. The zero-order chi connectivity index (χ0) is 14.7. The van der Waals surface area contributed by atoms with Crippen molar-refractivity contribution >= 4 is 46.4 Å². The minimum absolute atomic E-state index is 0.536. The first-order chi connectivity index (χ1) is 10.2. The number of hydrogen-bond donors (Lipinski definition) is 2. The molecule has 108 valence electrons. The van der Waals surface area contributed by atoms with Crippen molar-refractivity contribution in [1.29, 1.82) is 0 Å². The average molecular weight is 335 g/mol. The molecular formula is C16H15ClN2S2. The normalized spacial score (nSPS) is 13.8. The summed E-state index contributed by atoms with van der Waals surface area (Å²) < 4.78 is 0. The Hall–Kier alpha value is -1.23. The van der Waals surface area contributed by atoms with Crippen molar-refractivity contribution in [2.45, 2.75) is 28.7 Å². The van der Waals surface area contributed by atoms with Gasteiger partial charge in [0, 0.05) is 20.9 Å². The molecule has 0 heterocycles. The smallest absolute Gasteiger partial charge is 0.171 e. The summed E-state index contributed by atoms with van der Waals surface area (Å²) in [7, 11) is 0. The third-order valence-electron chi connectivity index (χ3n) is 3.07. The second-order valence-corrected chi connectivity index (χ2v) is 6.89. The van der Waals surface area contributed by atoms with E-state index < -0.39 is 0 Å². The largest absolute Gasteiger partial charge is 0.360 e. The fourth-order valence-corrected chi connectivity index (χ4v) is 3.23. The SMILES string of the molecule is S=C(Nc1cc(Cl)ccc1Sc1ccccc1)NC1CC1. The number of benzene rings is 2. The molecule has 2 N–H and O–H groups in total. The van der Waals surface area contributed by atoms with Crippen LogP contribution in [0.3, 0.4) is 0 Å². The first-order valence-electron chi connectivity index (χ1n) is 6.81. The lowest BCUT2D eigenvalue weighted by Gasteiger charge is -2.14. The molecule has 21 heavy (non-hydrogen) atoms. The average Bonchev–Trinajstić information content (AvgIpc) is 3.27. The van der Waals surface area contributed by atoms with E-state index in [2.05, 4.69) is 22.8 Å². The summed E-state index contributed by atoms with van der Waals surface area (Å²) >= 11 is 13.1. The minimum Gasteiger partial charge on any atom is -0.360 e. The van der Waals surface area contributed by atoms with E-state index in [1.165, 1.54) is 17.7 Å². The number of halogens is 1. The predicted octanol–water partition coefficient (Wildman–Crippen LogP) is 4.94. The van der Waals surface area contributed by atoms with Crippen molar-refractivity contribution in [2.75, 3.05) is 5.32 Å². The van der Waals surface area contributed by atoms with Crippen molar-refractivity contribution in [3.8, 4) is 0 Å². The molecular weight excluding hydrogens is 320 g/mol. The summed E-state index contributed by atoms with van der Waals surface area (Å²) in [5, 5.41) is 7.90. The van der Waals surface area contributed by atoms with E-state index in [0.717, 1.165) is 10.6 Å². The van der Waals surface area contributed by atoms with Crippen molar-refractivity contribution in [2.24, 2.45) is 0 Å². The van der Waals surface area contributed by atoms with Gasteiger partial charge in [-0.3, -0.25) is 0 Å². The Morgan fingerprint density at radius 1 is 1.14 bits per heavy atom. The molecule has 3 rings (SSSR count). The fourth-order valence-electron chi connectivity index (χ4n) is 1.88. The summed E-state index contributed by atoms with van der Waals surface area (Å²) in [5.41, 5.74) is 0.939. The molecule has 0 atom stereocenters. The summed E-state index contributed by atoms with van der Waals surface area (Å²) in [6.45, 7) is 0. The monoisotopic (exact) mass is 334 g/mol. The summed E-state index contributed by atoms with van der Waals surface area (Å²) in [4.78, 5) is 2.29. The van der Waals surface area contributed by atoms with Gasteiger partial charge in [-0.15, -0.1) is 0 Å². The Morgan fingerprint density at radius 3 is 2.62 bits per heavy atom. The standard InChI is InChI=1S/C16H15ClN2S2/c17-11-6-9-15(21-13-4-2-1-3-5-13)14(10-11)19-16(20)18-12-7-8-12/h1-6,9-10,12H,7-8H2,(H2,18,19,20). The van der Waals surface area contributed by atoms with Crippen LogP contribution in [0.4, 0.5) is 5.69 Å². The molecule has 0 saturated heterocycles. The molecule has 0 spiro atoms. The zero-order valence-electron chi connectivity index (χ0n) is 11.3. The van der Waals surface area contributed by atoms with Crippen LogP contribution >= 0.6 is 35.6 Å². The molecule has 1 fully saturated rings. The fraction of sp³-hybridized carbons (Fsp3) is 0.188. The molecule has 0 aliphatic heterocycles. The highest BCUT2D eigenvalue weighted by Gasteiger charge is 2.22. The van der Waals surface area contributed by atoms with Crippen LogP contribution in [-0.4, -0.2) is 11.2 Å². The lowest BCUT2D eigenvalue weighted by atomic mass is 10.3. The van der Waals surface area contributed by atoms with Crippen LogP contribution in [0.25, 0.3) is 0 Å². The van der Waals surface area contributed by atoms with Gasteiger partial charge in [0.25, 0.3) is 0 Å². The van der Waals surface area contributed by atoms with Gasteiger partial charge in [-0.1, -0.05) is 41.6 Å². The highest BCUT2D eigenvalue weighted by atomic mass is 35.5. The number of rotatable bonds is 4. The second-order valence-electron chi connectivity index (χ2n) is 4.93. The predicted molar refractivity (Wildman–Crippen MR) is 94.4 cm³/mol. The van der Waals surface area contributed by atoms with Crippen molar-refractivity contribution in [3.05, 3.63) is 53.6 Å². The lowest BCUT2D eigenvalue weighted by molar-refractivity contribution is 0.919.